The molecule has 0 aromatic heterocycles. The number of ether oxygens (including phenoxy) is 1. The molecule has 0 aliphatic heterocycles. The van der Waals surface area contributed by atoms with Crippen LogP contribution >= 0.6 is 11.6 Å². The molecule has 0 fully saturated rings. The van der Waals surface area contributed by atoms with E-state index in [1.165, 1.54) is 20.0 Å². The number of halogens is 1. The summed E-state index contributed by atoms with van der Waals surface area (Å²) in [5.74, 6) is 0.673. The molecule has 0 saturated carbocycles. The Hall–Kier alpha value is -2.16. The van der Waals surface area contributed by atoms with Gasteiger partial charge >= 0.3 is 0 Å². The van der Waals surface area contributed by atoms with Gasteiger partial charge in [-0.15, -0.1) is 0 Å². The molecule has 9 heteroatoms. The first kappa shape index (κ1) is 20.2. The van der Waals surface area contributed by atoms with Crippen LogP contribution in [0.4, 0.5) is 5.69 Å². The van der Waals surface area contributed by atoms with Gasteiger partial charge in [0.15, 0.2) is 0 Å². The third kappa shape index (κ3) is 4.14. The van der Waals surface area contributed by atoms with E-state index in [1.54, 1.807) is 13.2 Å². The summed E-state index contributed by atoms with van der Waals surface area (Å²) in [7, 11) is -0.951. The van der Waals surface area contributed by atoms with Gasteiger partial charge < -0.3 is 4.74 Å². The third-order valence-corrected chi connectivity index (χ3v) is 6.31. The molecular formula is C17H19ClN2O5S. The number of nitro groups is 1. The van der Waals surface area contributed by atoms with Crippen molar-refractivity contribution in [2.45, 2.75) is 18.2 Å². The monoisotopic (exact) mass is 398 g/mol. The topological polar surface area (TPSA) is 89.8 Å². The second kappa shape index (κ2) is 8.03. The summed E-state index contributed by atoms with van der Waals surface area (Å²) in [5.41, 5.74) is 0.770. The Kier molecular flexibility index (Phi) is 6.22. The Morgan fingerprint density at radius 3 is 2.54 bits per heavy atom. The van der Waals surface area contributed by atoms with Crippen molar-refractivity contribution in [2.75, 3.05) is 20.7 Å². The van der Waals surface area contributed by atoms with E-state index in [4.69, 9.17) is 16.3 Å². The minimum atomic E-state index is -3.92. The van der Waals surface area contributed by atoms with Crippen LogP contribution in [0.1, 0.15) is 11.1 Å². The predicted molar refractivity (Wildman–Crippen MR) is 99.4 cm³/mol. The van der Waals surface area contributed by atoms with E-state index in [1.807, 2.05) is 18.2 Å². The van der Waals surface area contributed by atoms with Crippen molar-refractivity contribution in [1.82, 2.24) is 4.31 Å². The van der Waals surface area contributed by atoms with Crippen LogP contribution in [0.5, 0.6) is 5.75 Å². The van der Waals surface area contributed by atoms with Crippen molar-refractivity contribution in [3.05, 3.63) is 62.7 Å². The molecule has 2 aromatic rings. The third-order valence-electron chi connectivity index (χ3n) is 4.08. The zero-order valence-electron chi connectivity index (χ0n) is 14.6. The molecule has 0 radical (unpaired) electrons. The maximum Gasteiger partial charge on any atom is 0.275 e. The molecular weight excluding hydrogens is 380 g/mol. The molecule has 2 rings (SSSR count). The molecule has 0 aliphatic rings. The van der Waals surface area contributed by atoms with Gasteiger partial charge in [-0.3, -0.25) is 10.1 Å². The minimum absolute atomic E-state index is 0.0379. The van der Waals surface area contributed by atoms with Crippen LogP contribution in [0.15, 0.2) is 41.3 Å². The zero-order chi connectivity index (χ0) is 19.5. The second-order valence-corrected chi connectivity index (χ2v) is 8.15. The number of hydrogen-bond acceptors (Lipinski definition) is 5. The van der Waals surface area contributed by atoms with Crippen LogP contribution in [-0.4, -0.2) is 38.3 Å². The summed E-state index contributed by atoms with van der Waals surface area (Å²) in [6.07, 6.45) is 0.432. The van der Waals surface area contributed by atoms with E-state index >= 15 is 0 Å². The Balaban J connectivity index is 2.28. The number of nitro benzene ring substituents is 1. The summed E-state index contributed by atoms with van der Waals surface area (Å²) < 4.78 is 31.9. The number of para-hydroxylation sites is 1. The summed E-state index contributed by atoms with van der Waals surface area (Å²) in [4.78, 5) is 10.3. The van der Waals surface area contributed by atoms with E-state index in [-0.39, 0.29) is 27.7 Å². The summed E-state index contributed by atoms with van der Waals surface area (Å²) >= 11 is 5.98. The maximum atomic E-state index is 12.8. The van der Waals surface area contributed by atoms with E-state index in [9.17, 15) is 18.5 Å². The van der Waals surface area contributed by atoms with Crippen LogP contribution < -0.4 is 4.74 Å². The van der Waals surface area contributed by atoms with Crippen molar-refractivity contribution in [1.29, 1.82) is 0 Å². The molecule has 26 heavy (non-hydrogen) atoms. The van der Waals surface area contributed by atoms with Crippen LogP contribution in [-0.2, 0) is 16.4 Å². The van der Waals surface area contributed by atoms with Crippen molar-refractivity contribution >= 4 is 27.3 Å². The van der Waals surface area contributed by atoms with Crippen LogP contribution in [0, 0.1) is 17.0 Å². The number of hydrogen-bond donors (Lipinski definition) is 0. The van der Waals surface area contributed by atoms with Crippen molar-refractivity contribution < 1.29 is 18.1 Å². The van der Waals surface area contributed by atoms with Crippen LogP contribution in [0.25, 0.3) is 0 Å². The van der Waals surface area contributed by atoms with Gasteiger partial charge in [0.2, 0.25) is 10.0 Å². The number of sulfonamides is 1. The van der Waals surface area contributed by atoms with Gasteiger partial charge in [0.1, 0.15) is 5.75 Å². The number of nitrogens with zero attached hydrogens (tertiary/aromatic N) is 2. The average molecular weight is 399 g/mol. The Morgan fingerprint density at radius 1 is 1.27 bits per heavy atom. The number of benzene rings is 2. The summed E-state index contributed by atoms with van der Waals surface area (Å²) in [6, 6.07) is 9.60. The molecule has 0 bridgehead atoms. The fourth-order valence-corrected chi connectivity index (χ4v) is 3.96. The molecule has 0 spiro atoms. The number of methoxy groups -OCH3 is 1. The molecule has 0 unspecified atom stereocenters. The van der Waals surface area contributed by atoms with Gasteiger partial charge in [0.05, 0.1) is 22.0 Å². The van der Waals surface area contributed by atoms with Crippen molar-refractivity contribution in [3.63, 3.8) is 0 Å². The number of likely N-dealkylation sites (N-methyl/N-ethyl adjacent to an activating group) is 1. The fraction of sp³-hybridized carbons (Fsp3) is 0.294. The number of rotatable bonds is 7. The molecule has 0 heterocycles. The Morgan fingerprint density at radius 2 is 1.92 bits per heavy atom. The molecule has 140 valence electrons. The van der Waals surface area contributed by atoms with Gasteiger partial charge in [0.25, 0.3) is 5.69 Å². The average Bonchev–Trinajstić information content (AvgIpc) is 2.61. The van der Waals surface area contributed by atoms with Crippen LogP contribution in [0.2, 0.25) is 5.02 Å². The quantitative estimate of drug-likeness (QED) is 0.526. The smallest absolute Gasteiger partial charge is 0.275 e. The first-order valence-electron chi connectivity index (χ1n) is 7.71. The van der Waals surface area contributed by atoms with Gasteiger partial charge in [-0.25, -0.2) is 12.7 Å². The van der Waals surface area contributed by atoms with E-state index in [2.05, 4.69) is 0 Å². The first-order chi connectivity index (χ1) is 12.2. The van der Waals surface area contributed by atoms with Gasteiger partial charge in [-0.2, -0.15) is 0 Å². The zero-order valence-corrected chi connectivity index (χ0v) is 16.2. The molecule has 0 aliphatic carbocycles. The summed E-state index contributed by atoms with van der Waals surface area (Å²) in [5, 5.41) is 11.2. The predicted octanol–water partition coefficient (Wildman–Crippen LogP) is 3.43. The molecule has 0 amide bonds. The highest BCUT2D eigenvalue weighted by molar-refractivity contribution is 7.89. The van der Waals surface area contributed by atoms with Gasteiger partial charge in [0, 0.05) is 25.2 Å². The second-order valence-electron chi connectivity index (χ2n) is 5.69. The lowest BCUT2D eigenvalue weighted by molar-refractivity contribution is -0.385. The maximum absolute atomic E-state index is 12.8. The highest BCUT2D eigenvalue weighted by Gasteiger charge is 2.26. The van der Waals surface area contributed by atoms with E-state index < -0.39 is 14.9 Å². The molecule has 0 N–H and O–H groups in total. The molecule has 7 nitrogen and oxygen atoms in total. The normalized spacial score (nSPS) is 11.6. The van der Waals surface area contributed by atoms with Crippen molar-refractivity contribution in [3.8, 4) is 5.75 Å². The van der Waals surface area contributed by atoms with Gasteiger partial charge in [-0.05, 0) is 31.0 Å². The first-order valence-corrected chi connectivity index (χ1v) is 9.53. The molecule has 0 saturated heterocycles. The lowest BCUT2D eigenvalue weighted by Crippen LogP contribution is -2.29. The molecule has 0 atom stereocenters. The standard InChI is InChI=1S/C17H19ClN2O5S/c1-12-15(18)10-14(11-16(12)20(21)22)26(23,24)19(2)9-8-13-6-4-5-7-17(13)25-3/h4-7,10-11H,8-9H2,1-3H3. The van der Waals surface area contributed by atoms with Gasteiger partial charge in [-0.1, -0.05) is 29.8 Å². The fourth-order valence-electron chi connectivity index (χ4n) is 2.47. The lowest BCUT2D eigenvalue weighted by Gasteiger charge is -2.18. The SMILES string of the molecule is COc1ccccc1CCN(C)S(=O)(=O)c1cc(Cl)c(C)c([N+](=O)[O-])c1. The Bertz CT molecular complexity index is 931. The highest BCUT2D eigenvalue weighted by Crippen LogP contribution is 2.30. The van der Waals surface area contributed by atoms with E-state index in [0.717, 1.165) is 15.9 Å². The largest absolute Gasteiger partial charge is 0.496 e. The Labute approximate surface area is 157 Å². The van der Waals surface area contributed by atoms with E-state index in [0.29, 0.717) is 12.2 Å². The highest BCUT2D eigenvalue weighted by atomic mass is 35.5. The molecule has 2 aromatic carbocycles. The minimum Gasteiger partial charge on any atom is -0.496 e. The lowest BCUT2D eigenvalue weighted by atomic mass is 10.1. The van der Waals surface area contributed by atoms with Crippen LogP contribution in [0.3, 0.4) is 0 Å². The van der Waals surface area contributed by atoms with Crippen molar-refractivity contribution in [2.24, 2.45) is 0 Å². The summed E-state index contributed by atoms with van der Waals surface area (Å²) in [6.45, 7) is 1.66.